The van der Waals surface area contributed by atoms with E-state index in [1.165, 1.54) is 36.0 Å². The van der Waals surface area contributed by atoms with Crippen LogP contribution in [0.3, 0.4) is 0 Å². The van der Waals surface area contributed by atoms with Gasteiger partial charge in [-0.25, -0.2) is 10.2 Å². The van der Waals surface area contributed by atoms with Crippen molar-refractivity contribution >= 4 is 51.7 Å². The third-order valence-electron chi connectivity index (χ3n) is 4.24. The fourth-order valence-electron chi connectivity index (χ4n) is 2.85. The number of esters is 1. The molecule has 0 aromatic carbocycles. The van der Waals surface area contributed by atoms with Gasteiger partial charge in [0.2, 0.25) is 0 Å². The predicted molar refractivity (Wildman–Crippen MR) is 106 cm³/mol. The fraction of sp³-hybridized carbons (Fsp3) is 0.333. The molecule has 0 saturated heterocycles. The quantitative estimate of drug-likeness (QED) is 0.354. The van der Waals surface area contributed by atoms with Crippen LogP contribution in [0.5, 0.6) is 0 Å². The minimum atomic E-state index is -0.900. The second kappa shape index (κ2) is 8.45. The minimum Gasteiger partial charge on any atom is -0.465 e. The molecule has 0 bridgehead atoms. The number of aryl methyl sites for hydroxylation is 2. The lowest BCUT2D eigenvalue weighted by molar-refractivity contribution is -0.136. The van der Waals surface area contributed by atoms with E-state index in [0.29, 0.717) is 10.6 Å². The normalized spacial score (nSPS) is 13.3. The molecule has 1 aliphatic rings. The summed E-state index contributed by atoms with van der Waals surface area (Å²) in [5, 5.41) is 8.61. The Hall–Kier alpha value is -2.52. The molecule has 2 aromatic rings. The van der Waals surface area contributed by atoms with Crippen LogP contribution in [0, 0.1) is 6.92 Å². The first kappa shape index (κ1) is 19.2. The van der Waals surface area contributed by atoms with E-state index < -0.39 is 17.8 Å². The number of hydrazone groups is 1. The van der Waals surface area contributed by atoms with Crippen molar-refractivity contribution in [3.63, 3.8) is 0 Å². The Bertz CT molecular complexity index is 914. The number of carbonyl (C=O) groups is 3. The smallest absolute Gasteiger partial charge is 0.341 e. The highest BCUT2D eigenvalue weighted by atomic mass is 32.1. The number of methoxy groups -OCH3 is 1. The van der Waals surface area contributed by atoms with Crippen LogP contribution in [0.1, 0.15) is 44.1 Å². The number of nitrogens with one attached hydrogen (secondary N) is 2. The van der Waals surface area contributed by atoms with Gasteiger partial charge < -0.3 is 10.1 Å². The summed E-state index contributed by atoms with van der Waals surface area (Å²) in [6.07, 6.45) is 5.14. The SMILES string of the molecule is COC(=O)c1c(NC(=O)C(=O)NN=Cc2sccc2C)sc2c1CCCC2. The van der Waals surface area contributed by atoms with E-state index >= 15 is 0 Å². The van der Waals surface area contributed by atoms with E-state index in [9.17, 15) is 14.4 Å². The topological polar surface area (TPSA) is 96.9 Å². The Morgan fingerprint density at radius 2 is 2.00 bits per heavy atom. The van der Waals surface area contributed by atoms with Gasteiger partial charge in [-0.15, -0.1) is 22.7 Å². The Morgan fingerprint density at radius 1 is 1.22 bits per heavy atom. The van der Waals surface area contributed by atoms with Crippen molar-refractivity contribution in [1.29, 1.82) is 0 Å². The minimum absolute atomic E-state index is 0.354. The van der Waals surface area contributed by atoms with E-state index in [-0.39, 0.29) is 0 Å². The first-order valence-corrected chi connectivity index (χ1v) is 10.1. The van der Waals surface area contributed by atoms with E-state index in [2.05, 4.69) is 15.8 Å². The number of rotatable bonds is 4. The molecule has 0 aliphatic heterocycles. The maximum absolute atomic E-state index is 12.2. The molecule has 0 spiro atoms. The number of hydrogen-bond donors (Lipinski definition) is 2. The molecule has 1 aliphatic carbocycles. The van der Waals surface area contributed by atoms with Crippen LogP contribution in [0.25, 0.3) is 0 Å². The van der Waals surface area contributed by atoms with Crippen molar-refractivity contribution in [2.45, 2.75) is 32.6 Å². The maximum Gasteiger partial charge on any atom is 0.341 e. The van der Waals surface area contributed by atoms with Crippen LogP contribution < -0.4 is 10.7 Å². The van der Waals surface area contributed by atoms with Gasteiger partial charge in [-0.05, 0) is 55.2 Å². The van der Waals surface area contributed by atoms with E-state index in [1.807, 2.05) is 18.4 Å². The molecule has 2 heterocycles. The zero-order valence-electron chi connectivity index (χ0n) is 15.0. The van der Waals surface area contributed by atoms with Crippen molar-refractivity contribution in [1.82, 2.24) is 5.43 Å². The number of fused-ring (bicyclic) bond motifs is 1. The van der Waals surface area contributed by atoms with Crippen LogP contribution >= 0.6 is 22.7 Å². The average molecular weight is 406 g/mol. The van der Waals surface area contributed by atoms with Crippen LogP contribution in [-0.2, 0) is 27.2 Å². The maximum atomic E-state index is 12.2. The Morgan fingerprint density at radius 3 is 2.70 bits per heavy atom. The molecule has 9 heteroatoms. The summed E-state index contributed by atoms with van der Waals surface area (Å²) in [4.78, 5) is 38.3. The van der Waals surface area contributed by atoms with Crippen LogP contribution in [-0.4, -0.2) is 31.1 Å². The van der Waals surface area contributed by atoms with Gasteiger partial charge in [-0.2, -0.15) is 5.10 Å². The van der Waals surface area contributed by atoms with Crippen LogP contribution in [0.4, 0.5) is 5.00 Å². The Kier molecular flexibility index (Phi) is 6.02. The van der Waals surface area contributed by atoms with Crippen molar-refractivity contribution < 1.29 is 19.1 Å². The monoisotopic (exact) mass is 405 g/mol. The lowest BCUT2D eigenvalue weighted by Crippen LogP contribution is -2.32. The average Bonchev–Trinajstić information content (AvgIpc) is 3.23. The van der Waals surface area contributed by atoms with E-state index in [1.54, 1.807) is 0 Å². The van der Waals surface area contributed by atoms with Crippen molar-refractivity contribution in [2.24, 2.45) is 5.10 Å². The fourth-order valence-corrected chi connectivity index (χ4v) is 4.91. The summed E-state index contributed by atoms with van der Waals surface area (Å²) in [6.45, 7) is 1.93. The molecule has 2 aromatic heterocycles. The van der Waals surface area contributed by atoms with Gasteiger partial charge in [-0.1, -0.05) is 0 Å². The summed E-state index contributed by atoms with van der Waals surface area (Å²) in [5.74, 6) is -2.28. The van der Waals surface area contributed by atoms with Crippen molar-refractivity contribution in [2.75, 3.05) is 12.4 Å². The second-order valence-corrected chi connectivity index (χ2v) is 8.08. The number of amides is 2. The first-order valence-electron chi connectivity index (χ1n) is 8.42. The van der Waals surface area contributed by atoms with Gasteiger partial charge in [-0.3, -0.25) is 9.59 Å². The van der Waals surface area contributed by atoms with Gasteiger partial charge in [0, 0.05) is 9.75 Å². The summed E-state index contributed by atoms with van der Waals surface area (Å²) < 4.78 is 4.85. The highest BCUT2D eigenvalue weighted by Crippen LogP contribution is 2.38. The van der Waals surface area contributed by atoms with E-state index in [0.717, 1.165) is 46.6 Å². The predicted octanol–water partition coefficient (Wildman–Crippen LogP) is 2.87. The number of thiophene rings is 2. The van der Waals surface area contributed by atoms with Crippen molar-refractivity contribution in [3.05, 3.63) is 37.9 Å². The molecule has 0 atom stereocenters. The highest BCUT2D eigenvalue weighted by molar-refractivity contribution is 7.17. The molecular formula is C18H19N3O4S2. The molecule has 0 saturated carbocycles. The number of hydrogen-bond acceptors (Lipinski definition) is 7. The molecule has 0 fully saturated rings. The summed E-state index contributed by atoms with van der Waals surface area (Å²) >= 11 is 2.81. The molecule has 0 unspecified atom stereocenters. The van der Waals surface area contributed by atoms with Gasteiger partial charge in [0.15, 0.2) is 0 Å². The van der Waals surface area contributed by atoms with E-state index in [4.69, 9.17) is 4.74 Å². The van der Waals surface area contributed by atoms with Crippen LogP contribution in [0.2, 0.25) is 0 Å². The standard InChI is InChI=1S/C18H19N3O4S2/c1-10-7-8-26-13(10)9-19-21-16(23)15(22)20-17-14(18(24)25-2)11-5-3-4-6-12(11)27-17/h7-9H,3-6H2,1-2H3,(H,20,22)(H,21,23). The number of nitrogens with zero attached hydrogens (tertiary/aromatic N) is 1. The number of carbonyl (C=O) groups excluding carboxylic acids is 3. The number of ether oxygens (including phenoxy) is 1. The molecule has 7 nitrogen and oxygen atoms in total. The van der Waals surface area contributed by atoms with Gasteiger partial charge in [0.25, 0.3) is 0 Å². The first-order chi connectivity index (χ1) is 13.0. The zero-order chi connectivity index (χ0) is 19.4. The molecule has 3 rings (SSSR count). The zero-order valence-corrected chi connectivity index (χ0v) is 16.6. The molecule has 27 heavy (non-hydrogen) atoms. The van der Waals surface area contributed by atoms with Crippen LogP contribution in [0.15, 0.2) is 16.5 Å². The molecule has 2 N–H and O–H groups in total. The highest BCUT2D eigenvalue weighted by Gasteiger charge is 2.28. The Labute approximate surface area is 164 Å². The second-order valence-electron chi connectivity index (χ2n) is 6.03. The third kappa shape index (κ3) is 4.25. The molecule has 0 radical (unpaired) electrons. The lowest BCUT2D eigenvalue weighted by Gasteiger charge is -2.11. The lowest BCUT2D eigenvalue weighted by atomic mass is 9.95. The molecule has 142 valence electrons. The summed E-state index contributed by atoms with van der Waals surface area (Å²) in [7, 11) is 1.30. The third-order valence-corrected chi connectivity index (χ3v) is 6.40. The Balaban J connectivity index is 1.71. The molecule has 2 amide bonds. The number of anilines is 1. The van der Waals surface area contributed by atoms with Gasteiger partial charge >= 0.3 is 17.8 Å². The summed E-state index contributed by atoms with van der Waals surface area (Å²) in [5.41, 5.74) is 4.52. The largest absolute Gasteiger partial charge is 0.465 e. The van der Waals surface area contributed by atoms with Gasteiger partial charge in [0.05, 0.1) is 18.9 Å². The molecular weight excluding hydrogens is 386 g/mol. The van der Waals surface area contributed by atoms with Gasteiger partial charge in [0.1, 0.15) is 5.00 Å². The summed E-state index contributed by atoms with van der Waals surface area (Å²) in [6, 6.07) is 1.94. The van der Waals surface area contributed by atoms with Crippen molar-refractivity contribution in [3.8, 4) is 0 Å².